The number of hydrogen-bond donors (Lipinski definition) is 7. The lowest BCUT2D eigenvalue weighted by molar-refractivity contribution is -0.144. The van der Waals surface area contributed by atoms with E-state index in [0.29, 0.717) is 23.5 Å². The largest absolute Gasteiger partial charge is 0.391 e. The fourth-order valence-corrected chi connectivity index (χ4v) is 6.56. The molecule has 0 aliphatic carbocycles. The van der Waals surface area contributed by atoms with Gasteiger partial charge < -0.3 is 42.3 Å². The summed E-state index contributed by atoms with van der Waals surface area (Å²) >= 11 is 0. The second-order valence-electron chi connectivity index (χ2n) is 14.7. The molecular formula is C41H53N9O8. The summed E-state index contributed by atoms with van der Waals surface area (Å²) < 4.78 is 0. The molecule has 1 aliphatic rings. The Bertz CT molecular complexity index is 1930. The van der Waals surface area contributed by atoms with E-state index < -0.39 is 89.6 Å². The lowest BCUT2D eigenvalue weighted by atomic mass is 10.0. The predicted octanol–water partition coefficient (Wildman–Crippen LogP) is -0.0943. The second kappa shape index (κ2) is 20.8. The summed E-state index contributed by atoms with van der Waals surface area (Å²) in [4.78, 5) is 102. The summed E-state index contributed by atoms with van der Waals surface area (Å²) in [5, 5.41) is 23.7. The fourth-order valence-electron chi connectivity index (χ4n) is 6.56. The van der Waals surface area contributed by atoms with Gasteiger partial charge >= 0.3 is 0 Å². The average Bonchev–Trinajstić information content (AvgIpc) is 3.69. The highest BCUT2D eigenvalue weighted by atomic mass is 16.3. The number of pyridine rings is 2. The maximum Gasteiger partial charge on any atom is 0.248 e. The number of amides is 7. The van der Waals surface area contributed by atoms with Crippen molar-refractivity contribution < 1.29 is 38.7 Å². The zero-order valence-electron chi connectivity index (χ0n) is 33.3. The highest BCUT2D eigenvalue weighted by Crippen LogP contribution is 2.20. The number of likely N-dealkylation sites (tertiary alicyclic amines) is 1. The molecular weight excluding hydrogens is 747 g/mol. The van der Waals surface area contributed by atoms with Crippen LogP contribution in [0.5, 0.6) is 0 Å². The van der Waals surface area contributed by atoms with Crippen molar-refractivity contribution in [2.45, 2.75) is 103 Å². The van der Waals surface area contributed by atoms with E-state index in [-0.39, 0.29) is 25.8 Å². The van der Waals surface area contributed by atoms with Crippen LogP contribution in [0.4, 0.5) is 0 Å². The molecule has 3 heterocycles. The fraction of sp³-hybridized carbons (Fsp3) is 0.439. The van der Waals surface area contributed by atoms with Crippen molar-refractivity contribution in [1.29, 1.82) is 0 Å². The molecule has 0 spiro atoms. The summed E-state index contributed by atoms with van der Waals surface area (Å²) in [6.07, 6.45) is 1.01. The number of aliphatic hydroxyl groups excluding tert-OH is 1. The molecule has 0 radical (unpaired) electrons. The molecule has 7 atom stereocenters. The number of nitrogens with zero attached hydrogens (tertiary/aromatic N) is 3. The Kier molecular flexibility index (Phi) is 15.9. The van der Waals surface area contributed by atoms with Gasteiger partial charge in [0.05, 0.1) is 17.5 Å². The van der Waals surface area contributed by atoms with Crippen molar-refractivity contribution in [2.75, 3.05) is 6.54 Å². The van der Waals surface area contributed by atoms with Crippen LogP contribution in [0.25, 0.3) is 11.4 Å². The molecule has 1 fully saturated rings. The van der Waals surface area contributed by atoms with E-state index in [1.165, 1.54) is 25.7 Å². The van der Waals surface area contributed by atoms with Gasteiger partial charge in [0.2, 0.25) is 41.4 Å². The third-order valence-electron chi connectivity index (χ3n) is 9.67. The molecule has 58 heavy (non-hydrogen) atoms. The number of hydrogen-bond acceptors (Lipinski definition) is 10. The minimum atomic E-state index is -1.48. The van der Waals surface area contributed by atoms with Crippen molar-refractivity contribution in [1.82, 2.24) is 41.5 Å². The Morgan fingerprint density at radius 2 is 1.43 bits per heavy atom. The molecule has 310 valence electrons. The third kappa shape index (κ3) is 12.4. The van der Waals surface area contributed by atoms with E-state index in [1.807, 2.05) is 12.1 Å². The standard InChI is InChI=1S/C41H53N9O8/c1-23(2)34(40(57)47-31(36(42)53)21-27-13-7-6-8-14-27)48-37(54)24(3)44-39(56)33-18-12-20-50(33)41(58)35(25(4)51)49-38(55)32(45-26(5)52)22-28-15-11-17-30(46-28)29-16-9-10-19-43-29/h6-11,13-17,19,23-25,31-35,51H,12,18,20-22H2,1-5H3,(H2,42,53)(H,44,56)(H,45,52)(H,47,57)(H,48,54)(H,49,55)/t24-,25-,31+,32+,33+,34+,35+/m1/s1. The Labute approximate surface area is 337 Å². The number of carbonyl (C=O) groups excluding carboxylic acids is 7. The molecule has 3 aromatic rings. The SMILES string of the molecule is CC(=O)N[C@@H](Cc1cccc(-c2ccccn2)n1)C(=O)N[C@H](C(=O)N1CCC[C@H]1C(=O)N[C@H](C)C(=O)N[C@H](C(=O)N[C@@H](Cc1ccccc1)C(N)=O)C(C)C)[C@@H](C)O. The Balaban J connectivity index is 1.39. The number of primary amides is 1. The van der Waals surface area contributed by atoms with Gasteiger partial charge in [0.1, 0.15) is 36.3 Å². The summed E-state index contributed by atoms with van der Waals surface area (Å²) in [5.41, 5.74) is 7.98. The quantitative estimate of drug-likeness (QED) is 0.0900. The van der Waals surface area contributed by atoms with E-state index in [0.717, 1.165) is 5.56 Å². The van der Waals surface area contributed by atoms with E-state index in [1.54, 1.807) is 74.6 Å². The molecule has 2 aromatic heterocycles. The highest BCUT2D eigenvalue weighted by Gasteiger charge is 2.41. The van der Waals surface area contributed by atoms with Crippen LogP contribution in [0, 0.1) is 5.92 Å². The van der Waals surface area contributed by atoms with Gasteiger partial charge in [0.15, 0.2) is 0 Å². The normalized spacial score (nSPS) is 16.8. The lowest BCUT2D eigenvalue weighted by Gasteiger charge is -2.31. The van der Waals surface area contributed by atoms with Gasteiger partial charge in [-0.1, -0.05) is 56.3 Å². The molecule has 0 bridgehead atoms. The topological polar surface area (TPSA) is 255 Å². The Hall–Kier alpha value is -6.23. The van der Waals surface area contributed by atoms with Crippen LogP contribution in [0.15, 0.2) is 72.9 Å². The Morgan fingerprint density at radius 1 is 0.759 bits per heavy atom. The van der Waals surface area contributed by atoms with Gasteiger partial charge in [0.25, 0.3) is 0 Å². The van der Waals surface area contributed by atoms with Crippen LogP contribution in [-0.4, -0.2) is 110 Å². The minimum absolute atomic E-state index is 0.0414. The third-order valence-corrected chi connectivity index (χ3v) is 9.67. The second-order valence-corrected chi connectivity index (χ2v) is 14.7. The van der Waals surface area contributed by atoms with Crippen LogP contribution in [0.3, 0.4) is 0 Å². The summed E-state index contributed by atoms with van der Waals surface area (Å²) in [7, 11) is 0. The van der Waals surface area contributed by atoms with Crippen LogP contribution in [0.2, 0.25) is 0 Å². The van der Waals surface area contributed by atoms with Gasteiger partial charge in [-0.05, 0) is 62.4 Å². The van der Waals surface area contributed by atoms with Crippen LogP contribution < -0.4 is 32.3 Å². The van der Waals surface area contributed by atoms with Gasteiger partial charge in [-0.2, -0.15) is 0 Å². The van der Waals surface area contributed by atoms with Crippen molar-refractivity contribution >= 4 is 41.4 Å². The van der Waals surface area contributed by atoms with E-state index in [9.17, 15) is 38.7 Å². The summed E-state index contributed by atoms with van der Waals surface area (Å²) in [6, 6.07) is 12.6. The smallest absolute Gasteiger partial charge is 0.248 e. The number of aliphatic hydroxyl groups is 1. The first-order chi connectivity index (χ1) is 27.5. The predicted molar refractivity (Wildman–Crippen MR) is 213 cm³/mol. The monoisotopic (exact) mass is 799 g/mol. The number of nitrogens with two attached hydrogens (primary N) is 1. The number of aromatic nitrogens is 2. The number of benzene rings is 1. The van der Waals surface area contributed by atoms with Crippen molar-refractivity contribution in [2.24, 2.45) is 11.7 Å². The van der Waals surface area contributed by atoms with Crippen molar-refractivity contribution in [3.8, 4) is 11.4 Å². The minimum Gasteiger partial charge on any atom is -0.391 e. The zero-order valence-corrected chi connectivity index (χ0v) is 33.3. The average molecular weight is 800 g/mol. The molecule has 1 saturated heterocycles. The summed E-state index contributed by atoms with van der Waals surface area (Å²) in [5.74, 6) is -5.11. The van der Waals surface area contributed by atoms with Gasteiger partial charge in [0, 0.05) is 38.2 Å². The Morgan fingerprint density at radius 3 is 2.05 bits per heavy atom. The molecule has 7 amide bonds. The van der Waals surface area contributed by atoms with Gasteiger partial charge in [-0.25, -0.2) is 0 Å². The maximum absolute atomic E-state index is 13.9. The first-order valence-electron chi connectivity index (χ1n) is 19.2. The molecule has 1 aromatic carbocycles. The molecule has 17 nitrogen and oxygen atoms in total. The molecule has 1 aliphatic heterocycles. The number of rotatable bonds is 18. The molecule has 4 rings (SSSR count). The van der Waals surface area contributed by atoms with Gasteiger partial charge in [-0.3, -0.25) is 43.5 Å². The van der Waals surface area contributed by atoms with E-state index >= 15 is 0 Å². The number of carbonyl (C=O) groups is 7. The molecule has 17 heteroatoms. The lowest BCUT2D eigenvalue weighted by Crippen LogP contribution is -2.61. The maximum atomic E-state index is 13.9. The molecule has 0 unspecified atom stereocenters. The number of nitrogens with one attached hydrogen (secondary N) is 5. The first kappa shape index (κ1) is 44.5. The van der Waals surface area contributed by atoms with E-state index in [2.05, 4.69) is 36.6 Å². The summed E-state index contributed by atoms with van der Waals surface area (Å²) in [6.45, 7) is 7.54. The first-order valence-corrected chi connectivity index (χ1v) is 19.2. The van der Waals surface area contributed by atoms with E-state index in [4.69, 9.17) is 5.73 Å². The van der Waals surface area contributed by atoms with Gasteiger partial charge in [-0.15, -0.1) is 0 Å². The van der Waals surface area contributed by atoms with Crippen LogP contribution >= 0.6 is 0 Å². The van der Waals surface area contributed by atoms with Crippen LogP contribution in [-0.2, 0) is 46.4 Å². The van der Waals surface area contributed by atoms with Crippen molar-refractivity contribution in [3.05, 3.63) is 84.2 Å². The van der Waals surface area contributed by atoms with Crippen LogP contribution in [0.1, 0.15) is 58.7 Å². The molecule has 8 N–H and O–H groups in total. The zero-order chi connectivity index (χ0) is 42.5. The molecule has 0 saturated carbocycles. The highest BCUT2D eigenvalue weighted by molar-refractivity contribution is 5.97. The van der Waals surface area contributed by atoms with Crippen molar-refractivity contribution in [3.63, 3.8) is 0 Å².